The summed E-state index contributed by atoms with van der Waals surface area (Å²) in [5.74, 6) is -0.607. The summed E-state index contributed by atoms with van der Waals surface area (Å²) in [7, 11) is 0. The molecular formula is C10H19F3N2O2. The molecule has 1 atom stereocenters. The summed E-state index contributed by atoms with van der Waals surface area (Å²) < 4.78 is 36.6. The minimum atomic E-state index is -4.44. The van der Waals surface area contributed by atoms with Crippen LogP contribution in [0.1, 0.15) is 20.3 Å². The minimum absolute atomic E-state index is 0.0100. The van der Waals surface area contributed by atoms with Crippen LogP contribution in [-0.2, 0) is 4.79 Å². The molecule has 0 bridgehead atoms. The van der Waals surface area contributed by atoms with Gasteiger partial charge in [-0.15, -0.1) is 0 Å². The van der Waals surface area contributed by atoms with Gasteiger partial charge < -0.3 is 15.3 Å². The maximum absolute atomic E-state index is 12.2. The van der Waals surface area contributed by atoms with Crippen LogP contribution < -0.4 is 5.32 Å². The summed E-state index contributed by atoms with van der Waals surface area (Å²) in [6, 6.07) is -0.179. The number of hydrogen-bond donors (Lipinski definition) is 2. The number of aliphatic hydroxyl groups is 1. The quantitative estimate of drug-likeness (QED) is 0.707. The lowest BCUT2D eigenvalue weighted by molar-refractivity contribution is -0.162. The van der Waals surface area contributed by atoms with E-state index in [9.17, 15) is 18.0 Å². The second kappa shape index (κ2) is 7.50. The molecule has 2 N–H and O–H groups in total. The first-order valence-corrected chi connectivity index (χ1v) is 5.49. The van der Waals surface area contributed by atoms with Crippen molar-refractivity contribution in [3.05, 3.63) is 0 Å². The van der Waals surface area contributed by atoms with Gasteiger partial charge in [-0.05, 0) is 13.5 Å². The molecular weight excluding hydrogens is 237 g/mol. The number of carbonyl (C=O) groups is 1. The number of hydrogen-bond acceptors (Lipinski definition) is 3. The maximum Gasteiger partial charge on any atom is 0.406 e. The van der Waals surface area contributed by atoms with Crippen LogP contribution in [0.4, 0.5) is 13.2 Å². The van der Waals surface area contributed by atoms with Crippen molar-refractivity contribution in [2.45, 2.75) is 32.5 Å². The smallest absolute Gasteiger partial charge is 0.395 e. The van der Waals surface area contributed by atoms with E-state index in [1.165, 1.54) is 0 Å². The molecule has 0 aromatic rings. The molecule has 0 fully saturated rings. The van der Waals surface area contributed by atoms with Crippen LogP contribution in [0.5, 0.6) is 0 Å². The number of amides is 1. The van der Waals surface area contributed by atoms with Gasteiger partial charge >= 0.3 is 6.18 Å². The van der Waals surface area contributed by atoms with E-state index in [-0.39, 0.29) is 19.0 Å². The summed E-state index contributed by atoms with van der Waals surface area (Å²) in [5.41, 5.74) is 0. The highest BCUT2D eigenvalue weighted by atomic mass is 19.4. The third-order valence-corrected chi connectivity index (χ3v) is 2.13. The molecule has 0 aromatic carbocycles. The highest BCUT2D eigenvalue weighted by Crippen LogP contribution is 2.17. The molecule has 102 valence electrons. The van der Waals surface area contributed by atoms with Crippen LogP contribution in [0.2, 0.25) is 0 Å². The minimum Gasteiger partial charge on any atom is -0.395 e. The second-order valence-electron chi connectivity index (χ2n) is 3.82. The molecule has 0 aromatic heterocycles. The van der Waals surface area contributed by atoms with E-state index in [1.54, 1.807) is 6.92 Å². The molecule has 1 unspecified atom stereocenters. The van der Waals surface area contributed by atoms with E-state index >= 15 is 0 Å². The normalized spacial score (nSPS) is 13.5. The van der Waals surface area contributed by atoms with E-state index in [0.717, 1.165) is 0 Å². The van der Waals surface area contributed by atoms with Crippen LogP contribution >= 0.6 is 0 Å². The van der Waals surface area contributed by atoms with Crippen molar-refractivity contribution in [1.29, 1.82) is 0 Å². The van der Waals surface area contributed by atoms with Crippen molar-refractivity contribution in [3.63, 3.8) is 0 Å². The molecule has 0 aliphatic heterocycles. The number of halogens is 3. The predicted octanol–water partition coefficient (Wildman–Crippen LogP) is 0.758. The number of carbonyl (C=O) groups excluding carboxylic acids is 1. The zero-order chi connectivity index (χ0) is 13.5. The monoisotopic (exact) mass is 256 g/mol. The van der Waals surface area contributed by atoms with E-state index in [2.05, 4.69) is 5.32 Å². The van der Waals surface area contributed by atoms with E-state index in [4.69, 9.17) is 5.11 Å². The largest absolute Gasteiger partial charge is 0.406 e. The lowest BCUT2D eigenvalue weighted by Crippen LogP contribution is -2.43. The number of nitrogens with one attached hydrogen (secondary N) is 1. The third kappa shape index (κ3) is 7.98. The van der Waals surface area contributed by atoms with Gasteiger partial charge in [0.1, 0.15) is 6.54 Å². The van der Waals surface area contributed by atoms with Gasteiger partial charge in [-0.1, -0.05) is 6.92 Å². The lowest BCUT2D eigenvalue weighted by Gasteiger charge is -2.24. The number of aliphatic hydroxyl groups excluding tert-OH is 1. The Labute approximate surface area is 98.8 Å². The van der Waals surface area contributed by atoms with Crippen LogP contribution in [-0.4, -0.2) is 54.4 Å². The standard InChI is InChI=1S/C10H19F3N2O2/c1-3-14-8(2)6-9(17)15(4-5-16)7-10(11,12)13/h8,14,16H,3-7H2,1-2H3. The Morgan fingerprint density at radius 3 is 2.47 bits per heavy atom. The maximum atomic E-state index is 12.2. The van der Waals surface area contributed by atoms with Crippen molar-refractivity contribution in [2.75, 3.05) is 26.2 Å². The van der Waals surface area contributed by atoms with Crippen molar-refractivity contribution in [2.24, 2.45) is 0 Å². The molecule has 0 heterocycles. The summed E-state index contributed by atoms with van der Waals surface area (Å²) in [6.07, 6.45) is -4.45. The predicted molar refractivity (Wildman–Crippen MR) is 57.5 cm³/mol. The average Bonchev–Trinajstić information content (AvgIpc) is 2.15. The number of nitrogens with zero attached hydrogens (tertiary/aromatic N) is 1. The zero-order valence-electron chi connectivity index (χ0n) is 10.0. The van der Waals surface area contributed by atoms with Crippen LogP contribution in [0.15, 0.2) is 0 Å². The zero-order valence-corrected chi connectivity index (χ0v) is 10.0. The topological polar surface area (TPSA) is 52.6 Å². The van der Waals surface area contributed by atoms with Gasteiger partial charge in [0.25, 0.3) is 0 Å². The highest BCUT2D eigenvalue weighted by Gasteiger charge is 2.32. The van der Waals surface area contributed by atoms with E-state index < -0.39 is 25.2 Å². The Bertz CT molecular complexity index is 234. The van der Waals surface area contributed by atoms with Gasteiger partial charge in [-0.25, -0.2) is 0 Å². The van der Waals surface area contributed by atoms with Crippen molar-refractivity contribution < 1.29 is 23.1 Å². The Kier molecular flexibility index (Phi) is 7.13. The van der Waals surface area contributed by atoms with Gasteiger partial charge in [-0.2, -0.15) is 13.2 Å². The van der Waals surface area contributed by atoms with Gasteiger partial charge in [0.2, 0.25) is 5.91 Å². The van der Waals surface area contributed by atoms with Gasteiger partial charge in [0.15, 0.2) is 0 Å². The summed E-state index contributed by atoms with van der Waals surface area (Å²) in [4.78, 5) is 12.2. The SMILES string of the molecule is CCNC(C)CC(=O)N(CCO)CC(F)(F)F. The van der Waals surface area contributed by atoms with Crippen LogP contribution in [0.25, 0.3) is 0 Å². The molecule has 1 amide bonds. The first-order valence-electron chi connectivity index (χ1n) is 5.49. The van der Waals surface area contributed by atoms with Gasteiger partial charge in [0, 0.05) is 19.0 Å². The summed E-state index contributed by atoms with van der Waals surface area (Å²) in [6.45, 7) is 2.14. The Hall–Kier alpha value is -0.820. The highest BCUT2D eigenvalue weighted by molar-refractivity contribution is 5.76. The molecule has 0 aliphatic rings. The molecule has 0 radical (unpaired) electrons. The Morgan fingerprint density at radius 1 is 1.47 bits per heavy atom. The van der Waals surface area contributed by atoms with Crippen molar-refractivity contribution in [1.82, 2.24) is 10.2 Å². The Balaban J connectivity index is 4.33. The first-order chi connectivity index (χ1) is 7.80. The molecule has 0 spiro atoms. The molecule has 0 aliphatic carbocycles. The van der Waals surface area contributed by atoms with Crippen LogP contribution in [0, 0.1) is 0 Å². The Morgan fingerprint density at radius 2 is 2.06 bits per heavy atom. The fraction of sp³-hybridized carbons (Fsp3) is 0.900. The molecule has 0 saturated heterocycles. The molecule has 0 rings (SSSR count). The third-order valence-electron chi connectivity index (χ3n) is 2.13. The van der Waals surface area contributed by atoms with Gasteiger partial charge in [-0.3, -0.25) is 4.79 Å². The van der Waals surface area contributed by atoms with E-state index in [1.807, 2.05) is 6.92 Å². The molecule has 17 heavy (non-hydrogen) atoms. The van der Waals surface area contributed by atoms with Crippen molar-refractivity contribution >= 4 is 5.91 Å². The fourth-order valence-electron chi connectivity index (χ4n) is 1.44. The first kappa shape index (κ1) is 16.2. The van der Waals surface area contributed by atoms with Crippen molar-refractivity contribution in [3.8, 4) is 0 Å². The molecule has 7 heteroatoms. The van der Waals surface area contributed by atoms with Gasteiger partial charge in [0.05, 0.1) is 6.61 Å². The lowest BCUT2D eigenvalue weighted by atomic mass is 10.2. The number of rotatable bonds is 7. The second-order valence-corrected chi connectivity index (χ2v) is 3.82. The molecule has 0 saturated carbocycles. The summed E-state index contributed by atoms with van der Waals surface area (Å²) >= 11 is 0. The summed E-state index contributed by atoms with van der Waals surface area (Å²) in [5, 5.41) is 11.6. The average molecular weight is 256 g/mol. The van der Waals surface area contributed by atoms with Crippen LogP contribution in [0.3, 0.4) is 0 Å². The van der Waals surface area contributed by atoms with E-state index in [0.29, 0.717) is 11.4 Å². The fourth-order valence-corrected chi connectivity index (χ4v) is 1.44. The molecule has 4 nitrogen and oxygen atoms in total. The number of alkyl halides is 3.